The predicted molar refractivity (Wildman–Crippen MR) is 57.1 cm³/mol. The monoisotopic (exact) mass is 191 g/mol. The van der Waals surface area contributed by atoms with Crippen LogP contribution in [0, 0.1) is 0 Å². The number of rotatable bonds is 2. The number of nitrogens with one attached hydrogen (secondary N) is 1. The normalized spacial score (nSPS) is 20.9. The van der Waals surface area contributed by atoms with E-state index in [1.807, 2.05) is 0 Å². The lowest BCUT2D eigenvalue weighted by Gasteiger charge is -2.28. The average molecular weight is 191 g/mol. The minimum absolute atomic E-state index is 0.0833. The van der Waals surface area contributed by atoms with E-state index in [9.17, 15) is 0 Å². The fourth-order valence-corrected chi connectivity index (χ4v) is 1.86. The van der Waals surface area contributed by atoms with Gasteiger partial charge in [0, 0.05) is 6.54 Å². The Hall–Kier alpha value is -0.860. The summed E-state index contributed by atoms with van der Waals surface area (Å²) in [6.07, 6.45) is 1.45. The van der Waals surface area contributed by atoms with E-state index in [0.717, 1.165) is 13.0 Å². The van der Waals surface area contributed by atoms with Crippen molar-refractivity contribution in [2.75, 3.05) is 6.54 Å². The quantitative estimate of drug-likeness (QED) is 0.774. The minimum Gasteiger partial charge on any atom is -0.356 e. The molecule has 1 unspecified atom stereocenters. The molecule has 0 spiro atoms. The molecule has 0 radical (unpaired) electrons. The molecule has 0 bridgehead atoms. The van der Waals surface area contributed by atoms with Crippen LogP contribution in [0.3, 0.4) is 0 Å². The molecule has 76 valence electrons. The number of hydrogen-bond acceptors (Lipinski definition) is 2. The lowest BCUT2D eigenvalue weighted by molar-refractivity contribution is -0.0172. The van der Waals surface area contributed by atoms with Crippen molar-refractivity contribution in [2.24, 2.45) is 0 Å². The summed E-state index contributed by atoms with van der Waals surface area (Å²) in [6, 6.07) is 8.50. The van der Waals surface area contributed by atoms with Crippen molar-refractivity contribution in [2.45, 2.75) is 32.6 Å². The molecule has 0 saturated carbocycles. The lowest BCUT2D eigenvalue weighted by Crippen LogP contribution is -2.33. The first kappa shape index (κ1) is 9.69. The molecule has 0 aromatic heterocycles. The van der Waals surface area contributed by atoms with E-state index in [0.29, 0.717) is 0 Å². The molecule has 0 saturated heterocycles. The van der Waals surface area contributed by atoms with E-state index in [1.165, 1.54) is 11.1 Å². The number of benzene rings is 1. The van der Waals surface area contributed by atoms with E-state index >= 15 is 0 Å². The molecule has 14 heavy (non-hydrogen) atoms. The van der Waals surface area contributed by atoms with Crippen LogP contribution in [0.1, 0.15) is 31.2 Å². The SMILES string of the molecule is CC(C)OC1NCCc2ccccc21. The van der Waals surface area contributed by atoms with Gasteiger partial charge in [-0.3, -0.25) is 5.32 Å². The maximum atomic E-state index is 5.81. The maximum Gasteiger partial charge on any atom is 0.134 e. The summed E-state index contributed by atoms with van der Waals surface area (Å²) in [5.74, 6) is 0. The van der Waals surface area contributed by atoms with Gasteiger partial charge in [-0.1, -0.05) is 24.3 Å². The largest absolute Gasteiger partial charge is 0.356 e. The minimum atomic E-state index is 0.0833. The van der Waals surface area contributed by atoms with Crippen molar-refractivity contribution >= 4 is 0 Å². The van der Waals surface area contributed by atoms with Gasteiger partial charge in [0.25, 0.3) is 0 Å². The van der Waals surface area contributed by atoms with Crippen LogP contribution in [-0.2, 0) is 11.2 Å². The van der Waals surface area contributed by atoms with Gasteiger partial charge in [0.2, 0.25) is 0 Å². The van der Waals surface area contributed by atoms with E-state index < -0.39 is 0 Å². The second kappa shape index (κ2) is 4.11. The summed E-state index contributed by atoms with van der Waals surface area (Å²) < 4.78 is 5.81. The number of hydrogen-bond donors (Lipinski definition) is 1. The average Bonchev–Trinajstić information content (AvgIpc) is 2.18. The summed E-state index contributed by atoms with van der Waals surface area (Å²) >= 11 is 0. The van der Waals surface area contributed by atoms with Gasteiger partial charge in [0.1, 0.15) is 6.23 Å². The highest BCUT2D eigenvalue weighted by molar-refractivity contribution is 5.31. The molecule has 1 aromatic rings. The maximum absolute atomic E-state index is 5.81. The molecule has 1 aromatic carbocycles. The Labute approximate surface area is 85.3 Å². The van der Waals surface area contributed by atoms with Gasteiger partial charge in [-0.15, -0.1) is 0 Å². The topological polar surface area (TPSA) is 21.3 Å². The summed E-state index contributed by atoms with van der Waals surface area (Å²) in [5, 5.41) is 3.38. The first-order valence-corrected chi connectivity index (χ1v) is 5.24. The Kier molecular flexibility index (Phi) is 2.85. The molecule has 1 aliphatic rings. The number of fused-ring (bicyclic) bond motifs is 1. The molecule has 1 atom stereocenters. The Morgan fingerprint density at radius 1 is 1.36 bits per heavy atom. The summed E-state index contributed by atoms with van der Waals surface area (Å²) in [6.45, 7) is 5.15. The fourth-order valence-electron chi connectivity index (χ4n) is 1.86. The molecule has 1 heterocycles. The predicted octanol–water partition coefficient (Wildman–Crippen LogP) is 2.26. The van der Waals surface area contributed by atoms with Gasteiger partial charge >= 0.3 is 0 Å². The number of ether oxygens (including phenoxy) is 1. The van der Waals surface area contributed by atoms with Crippen LogP contribution < -0.4 is 5.32 Å². The molecule has 2 rings (SSSR count). The second-order valence-electron chi connectivity index (χ2n) is 3.97. The first-order valence-electron chi connectivity index (χ1n) is 5.24. The van der Waals surface area contributed by atoms with Crippen LogP contribution in [-0.4, -0.2) is 12.6 Å². The van der Waals surface area contributed by atoms with Crippen LogP contribution in [0.4, 0.5) is 0 Å². The van der Waals surface area contributed by atoms with Gasteiger partial charge in [0.05, 0.1) is 6.10 Å². The molecular formula is C12H17NO. The molecule has 2 heteroatoms. The Morgan fingerprint density at radius 3 is 2.93 bits per heavy atom. The van der Waals surface area contributed by atoms with Gasteiger partial charge < -0.3 is 4.74 Å². The highest BCUT2D eigenvalue weighted by Crippen LogP contribution is 2.24. The summed E-state index contributed by atoms with van der Waals surface area (Å²) in [7, 11) is 0. The third-order valence-corrected chi connectivity index (χ3v) is 2.47. The summed E-state index contributed by atoms with van der Waals surface area (Å²) in [5.41, 5.74) is 2.71. The lowest BCUT2D eigenvalue weighted by atomic mass is 10.00. The van der Waals surface area contributed by atoms with Crippen LogP contribution in [0.2, 0.25) is 0 Å². The highest BCUT2D eigenvalue weighted by Gasteiger charge is 2.19. The van der Waals surface area contributed by atoms with Crippen LogP contribution in [0.5, 0.6) is 0 Å². The molecule has 2 nitrogen and oxygen atoms in total. The van der Waals surface area contributed by atoms with Crippen LogP contribution >= 0.6 is 0 Å². The third-order valence-electron chi connectivity index (χ3n) is 2.47. The second-order valence-corrected chi connectivity index (χ2v) is 3.97. The van der Waals surface area contributed by atoms with Gasteiger partial charge in [0.15, 0.2) is 0 Å². The van der Waals surface area contributed by atoms with Crippen molar-refractivity contribution in [3.8, 4) is 0 Å². The van der Waals surface area contributed by atoms with Crippen molar-refractivity contribution in [3.05, 3.63) is 35.4 Å². The Balaban J connectivity index is 2.22. The van der Waals surface area contributed by atoms with Gasteiger partial charge in [-0.05, 0) is 31.4 Å². The van der Waals surface area contributed by atoms with Gasteiger partial charge in [-0.25, -0.2) is 0 Å². The van der Waals surface area contributed by atoms with Gasteiger partial charge in [-0.2, -0.15) is 0 Å². The van der Waals surface area contributed by atoms with E-state index in [4.69, 9.17) is 4.74 Å². The molecule has 1 aliphatic heterocycles. The molecule has 0 aliphatic carbocycles. The van der Waals surface area contributed by atoms with E-state index in [-0.39, 0.29) is 12.3 Å². The molecular weight excluding hydrogens is 174 g/mol. The highest BCUT2D eigenvalue weighted by atomic mass is 16.5. The van der Waals surface area contributed by atoms with E-state index in [2.05, 4.69) is 43.4 Å². The summed E-state index contributed by atoms with van der Waals surface area (Å²) in [4.78, 5) is 0. The Bertz CT molecular complexity index is 309. The first-order chi connectivity index (χ1) is 6.77. The zero-order valence-corrected chi connectivity index (χ0v) is 8.79. The third kappa shape index (κ3) is 1.97. The Morgan fingerprint density at radius 2 is 2.14 bits per heavy atom. The molecule has 0 amide bonds. The van der Waals surface area contributed by atoms with Crippen LogP contribution in [0.15, 0.2) is 24.3 Å². The van der Waals surface area contributed by atoms with Crippen molar-refractivity contribution in [3.63, 3.8) is 0 Å². The molecule has 0 fully saturated rings. The fraction of sp³-hybridized carbons (Fsp3) is 0.500. The van der Waals surface area contributed by atoms with Crippen LogP contribution in [0.25, 0.3) is 0 Å². The van der Waals surface area contributed by atoms with E-state index in [1.54, 1.807) is 0 Å². The smallest absolute Gasteiger partial charge is 0.134 e. The van der Waals surface area contributed by atoms with Crippen molar-refractivity contribution < 1.29 is 4.74 Å². The zero-order chi connectivity index (χ0) is 9.97. The standard InChI is InChI=1S/C12H17NO/c1-9(2)14-12-11-6-4-3-5-10(11)7-8-13-12/h3-6,9,12-13H,7-8H2,1-2H3. The zero-order valence-electron chi connectivity index (χ0n) is 8.79. The van der Waals surface area contributed by atoms with Crippen molar-refractivity contribution in [1.29, 1.82) is 0 Å². The molecule has 1 N–H and O–H groups in total. The van der Waals surface area contributed by atoms with Crippen molar-refractivity contribution in [1.82, 2.24) is 5.32 Å².